The van der Waals surface area contributed by atoms with Crippen LogP contribution in [0.25, 0.3) is 0 Å². The predicted octanol–water partition coefficient (Wildman–Crippen LogP) is 4.14. The monoisotopic (exact) mass is 304 g/mol. The summed E-state index contributed by atoms with van der Waals surface area (Å²) in [5.74, 6) is 0.0545. The quantitative estimate of drug-likeness (QED) is 0.838. The third-order valence-corrected chi connectivity index (χ3v) is 5.20. The molecule has 1 aliphatic heterocycles. The van der Waals surface area contributed by atoms with Gasteiger partial charge in [0.05, 0.1) is 16.6 Å². The molecule has 0 saturated carbocycles. The third kappa shape index (κ3) is 2.43. The van der Waals surface area contributed by atoms with Crippen molar-refractivity contribution in [2.24, 2.45) is 11.0 Å². The Morgan fingerprint density at radius 2 is 2.05 bits per heavy atom. The van der Waals surface area contributed by atoms with Crippen molar-refractivity contribution in [3.05, 3.63) is 44.8 Å². The summed E-state index contributed by atoms with van der Waals surface area (Å²) >= 11 is 3.36. The number of hydrogen-bond donors (Lipinski definition) is 0. The SMILES string of the molecule is CC(C)C(=O)N1N=C(c2cccs2)C[C@H]1c1cccs1. The van der Waals surface area contributed by atoms with Gasteiger partial charge in [-0.1, -0.05) is 26.0 Å². The molecule has 0 aliphatic carbocycles. The van der Waals surface area contributed by atoms with E-state index in [4.69, 9.17) is 0 Å². The largest absolute Gasteiger partial charge is 0.273 e. The first-order valence-electron chi connectivity index (χ1n) is 6.64. The molecular weight excluding hydrogens is 288 g/mol. The number of nitrogens with zero attached hydrogens (tertiary/aromatic N) is 2. The van der Waals surface area contributed by atoms with Gasteiger partial charge in [0, 0.05) is 17.2 Å². The van der Waals surface area contributed by atoms with Gasteiger partial charge in [-0.25, -0.2) is 5.01 Å². The molecule has 0 unspecified atom stereocenters. The van der Waals surface area contributed by atoms with Crippen molar-refractivity contribution >= 4 is 34.3 Å². The second-order valence-electron chi connectivity index (χ2n) is 5.10. The molecule has 0 saturated heterocycles. The lowest BCUT2D eigenvalue weighted by atomic mass is 10.1. The number of hydrazone groups is 1. The molecule has 3 nitrogen and oxygen atoms in total. The smallest absolute Gasteiger partial charge is 0.245 e. The molecule has 1 aliphatic rings. The zero-order valence-corrected chi connectivity index (χ0v) is 13.1. The molecule has 0 bridgehead atoms. The summed E-state index contributed by atoms with van der Waals surface area (Å²) in [5.41, 5.74) is 1.02. The van der Waals surface area contributed by atoms with Crippen LogP contribution in [0.2, 0.25) is 0 Å². The van der Waals surface area contributed by atoms with Crippen LogP contribution in [0.1, 0.15) is 36.1 Å². The molecule has 3 heterocycles. The first-order valence-corrected chi connectivity index (χ1v) is 8.40. The average molecular weight is 304 g/mol. The molecule has 2 aromatic heterocycles. The van der Waals surface area contributed by atoms with E-state index in [0.29, 0.717) is 0 Å². The van der Waals surface area contributed by atoms with E-state index in [1.165, 1.54) is 4.88 Å². The average Bonchev–Trinajstić information content (AvgIpc) is 3.16. The van der Waals surface area contributed by atoms with Gasteiger partial charge in [0.25, 0.3) is 0 Å². The molecular formula is C15H16N2OS2. The van der Waals surface area contributed by atoms with Crippen molar-refractivity contribution in [3.8, 4) is 0 Å². The maximum Gasteiger partial charge on any atom is 0.245 e. The van der Waals surface area contributed by atoms with E-state index in [2.05, 4.69) is 22.6 Å². The summed E-state index contributed by atoms with van der Waals surface area (Å²) in [6, 6.07) is 8.26. The van der Waals surface area contributed by atoms with Gasteiger partial charge in [0.15, 0.2) is 0 Å². The van der Waals surface area contributed by atoms with Gasteiger partial charge in [0.1, 0.15) is 0 Å². The van der Waals surface area contributed by atoms with E-state index in [9.17, 15) is 4.79 Å². The highest BCUT2D eigenvalue weighted by Crippen LogP contribution is 2.36. The predicted molar refractivity (Wildman–Crippen MR) is 84.2 cm³/mol. The molecule has 5 heteroatoms. The Morgan fingerprint density at radius 3 is 2.65 bits per heavy atom. The molecule has 104 valence electrons. The standard InChI is InChI=1S/C15H16N2OS2/c1-10(2)15(18)17-12(14-6-4-8-20-14)9-11(16-17)13-5-3-7-19-13/h3-8,10,12H,9H2,1-2H3/t12-/m0/s1. The Hall–Kier alpha value is -1.46. The van der Waals surface area contributed by atoms with Crippen LogP contribution < -0.4 is 0 Å². The van der Waals surface area contributed by atoms with E-state index in [0.717, 1.165) is 17.0 Å². The molecule has 1 amide bonds. The summed E-state index contributed by atoms with van der Waals surface area (Å²) in [5, 5.41) is 10.4. The second-order valence-corrected chi connectivity index (χ2v) is 7.02. The van der Waals surface area contributed by atoms with Crippen LogP contribution in [0.4, 0.5) is 0 Å². The van der Waals surface area contributed by atoms with Crippen LogP contribution in [0, 0.1) is 5.92 Å². The van der Waals surface area contributed by atoms with Crippen molar-refractivity contribution < 1.29 is 4.79 Å². The molecule has 0 radical (unpaired) electrons. The van der Waals surface area contributed by atoms with Crippen LogP contribution in [-0.4, -0.2) is 16.6 Å². The molecule has 0 spiro atoms. The number of amides is 1. The second kappa shape index (κ2) is 5.50. The number of carbonyl (C=O) groups is 1. The fourth-order valence-electron chi connectivity index (χ4n) is 2.27. The Bertz CT molecular complexity index is 614. The first kappa shape index (κ1) is 13.5. The van der Waals surface area contributed by atoms with Gasteiger partial charge in [-0.3, -0.25) is 4.79 Å². The molecule has 2 aromatic rings. The third-order valence-electron chi connectivity index (χ3n) is 3.31. The molecule has 0 aromatic carbocycles. The van der Waals surface area contributed by atoms with Crippen molar-refractivity contribution in [2.75, 3.05) is 0 Å². The van der Waals surface area contributed by atoms with Crippen LogP contribution in [-0.2, 0) is 4.79 Å². The topological polar surface area (TPSA) is 32.7 Å². The van der Waals surface area contributed by atoms with E-state index in [1.807, 2.05) is 31.4 Å². The Labute approximate surface area is 126 Å². The summed E-state index contributed by atoms with van der Waals surface area (Å²) in [6.45, 7) is 3.85. The van der Waals surface area contributed by atoms with E-state index in [1.54, 1.807) is 27.7 Å². The molecule has 1 atom stereocenters. The lowest BCUT2D eigenvalue weighted by Crippen LogP contribution is -2.30. The molecule has 0 N–H and O–H groups in total. The van der Waals surface area contributed by atoms with E-state index >= 15 is 0 Å². The lowest BCUT2D eigenvalue weighted by molar-refractivity contribution is -0.136. The number of rotatable bonds is 3. The Balaban J connectivity index is 1.94. The number of hydrogen-bond acceptors (Lipinski definition) is 4. The highest BCUT2D eigenvalue weighted by molar-refractivity contribution is 7.12. The summed E-state index contributed by atoms with van der Waals surface area (Å²) in [4.78, 5) is 14.8. The Morgan fingerprint density at radius 1 is 1.30 bits per heavy atom. The van der Waals surface area contributed by atoms with Crippen molar-refractivity contribution in [1.29, 1.82) is 0 Å². The molecule has 20 heavy (non-hydrogen) atoms. The first-order chi connectivity index (χ1) is 9.66. The fraction of sp³-hybridized carbons (Fsp3) is 0.333. The van der Waals surface area contributed by atoms with Crippen molar-refractivity contribution in [3.63, 3.8) is 0 Å². The minimum absolute atomic E-state index is 0.0381. The normalized spacial score (nSPS) is 18.6. The number of thiophene rings is 2. The lowest BCUT2D eigenvalue weighted by Gasteiger charge is -2.22. The zero-order chi connectivity index (χ0) is 14.1. The van der Waals surface area contributed by atoms with E-state index in [-0.39, 0.29) is 17.9 Å². The summed E-state index contributed by atoms with van der Waals surface area (Å²) in [7, 11) is 0. The van der Waals surface area contributed by atoms with Gasteiger partial charge in [-0.15, -0.1) is 22.7 Å². The highest BCUT2D eigenvalue weighted by atomic mass is 32.1. The van der Waals surface area contributed by atoms with Gasteiger partial charge >= 0.3 is 0 Å². The fourth-order valence-corrected chi connectivity index (χ4v) is 3.80. The van der Waals surface area contributed by atoms with Gasteiger partial charge in [-0.2, -0.15) is 5.10 Å². The zero-order valence-electron chi connectivity index (χ0n) is 11.4. The van der Waals surface area contributed by atoms with Gasteiger partial charge < -0.3 is 0 Å². The minimum Gasteiger partial charge on any atom is -0.273 e. The van der Waals surface area contributed by atoms with Crippen LogP contribution in [0.3, 0.4) is 0 Å². The maximum atomic E-state index is 12.4. The number of carbonyl (C=O) groups excluding carboxylic acids is 1. The van der Waals surface area contributed by atoms with Gasteiger partial charge in [-0.05, 0) is 22.9 Å². The molecule has 0 fully saturated rings. The van der Waals surface area contributed by atoms with Crippen LogP contribution in [0.15, 0.2) is 40.1 Å². The van der Waals surface area contributed by atoms with Crippen molar-refractivity contribution in [1.82, 2.24) is 5.01 Å². The minimum atomic E-state index is -0.0381. The Kier molecular flexibility index (Phi) is 3.72. The van der Waals surface area contributed by atoms with Crippen LogP contribution >= 0.6 is 22.7 Å². The highest BCUT2D eigenvalue weighted by Gasteiger charge is 2.34. The maximum absolute atomic E-state index is 12.4. The summed E-state index contributed by atoms with van der Waals surface area (Å²) in [6.07, 6.45) is 0.805. The van der Waals surface area contributed by atoms with E-state index < -0.39 is 0 Å². The molecule has 3 rings (SSSR count). The van der Waals surface area contributed by atoms with Crippen LogP contribution in [0.5, 0.6) is 0 Å². The summed E-state index contributed by atoms with van der Waals surface area (Å²) < 4.78 is 0. The van der Waals surface area contributed by atoms with Crippen molar-refractivity contribution in [2.45, 2.75) is 26.3 Å². The van der Waals surface area contributed by atoms with Gasteiger partial charge in [0.2, 0.25) is 5.91 Å².